The highest BCUT2D eigenvalue weighted by molar-refractivity contribution is 6.99. The number of pyridine rings is 1. The molecule has 3 aromatic carbocycles. The van der Waals surface area contributed by atoms with Crippen LogP contribution in [0.3, 0.4) is 0 Å². The minimum atomic E-state index is -3.07. The zero-order valence-corrected chi connectivity index (χ0v) is 35.2. The summed E-state index contributed by atoms with van der Waals surface area (Å²) in [6.45, 7) is 10.4. The van der Waals surface area contributed by atoms with E-state index in [0.29, 0.717) is 19.1 Å². The van der Waals surface area contributed by atoms with Crippen LogP contribution in [-0.4, -0.2) is 86.8 Å². The molecule has 7 rings (SSSR count). The van der Waals surface area contributed by atoms with Crippen LogP contribution in [0.5, 0.6) is 11.5 Å². The second-order valence-corrected chi connectivity index (χ2v) is 21.1. The first kappa shape index (κ1) is 40.6. The molecule has 2 atom stereocenters. The van der Waals surface area contributed by atoms with Crippen molar-refractivity contribution in [1.29, 1.82) is 0 Å². The van der Waals surface area contributed by atoms with Gasteiger partial charge in [0.15, 0.2) is 0 Å². The summed E-state index contributed by atoms with van der Waals surface area (Å²) >= 11 is 0. The summed E-state index contributed by atoms with van der Waals surface area (Å²) in [5.74, 6) is -1.02. The van der Waals surface area contributed by atoms with Gasteiger partial charge in [-0.25, -0.2) is 13.3 Å². The van der Waals surface area contributed by atoms with E-state index in [4.69, 9.17) is 13.9 Å². The second kappa shape index (κ2) is 17.1. The normalized spacial score (nSPS) is 18.6. The van der Waals surface area contributed by atoms with E-state index in [2.05, 4.69) is 73.1 Å². The maximum absolute atomic E-state index is 16.1. The molecule has 0 bridgehead atoms. The molecule has 0 radical (unpaired) electrons. The first-order valence-corrected chi connectivity index (χ1v) is 22.0. The van der Waals surface area contributed by atoms with Gasteiger partial charge in [-0.15, -0.1) is 0 Å². The van der Waals surface area contributed by atoms with Gasteiger partial charge in [-0.2, -0.15) is 5.10 Å². The predicted molar refractivity (Wildman–Crippen MR) is 228 cm³/mol. The summed E-state index contributed by atoms with van der Waals surface area (Å²) in [5.41, 5.74) is 4.43. The van der Waals surface area contributed by atoms with Gasteiger partial charge in [0.05, 0.1) is 51.4 Å². The van der Waals surface area contributed by atoms with Crippen molar-refractivity contribution in [1.82, 2.24) is 19.4 Å². The summed E-state index contributed by atoms with van der Waals surface area (Å²) in [6.07, 6.45) is 10.9. The number of fused-ring (bicyclic) bond motifs is 1. The van der Waals surface area contributed by atoms with Crippen LogP contribution in [0.2, 0.25) is 5.04 Å². The molecule has 57 heavy (non-hydrogen) atoms. The Hall–Kier alpha value is -4.55. The maximum atomic E-state index is 16.1. The van der Waals surface area contributed by atoms with E-state index in [9.17, 15) is 0 Å². The Balaban J connectivity index is 0.984. The molecule has 8 nitrogen and oxygen atoms in total. The van der Waals surface area contributed by atoms with Crippen LogP contribution < -0.4 is 24.7 Å². The maximum Gasteiger partial charge on any atom is 0.282 e. The number of likely N-dealkylation sites (tertiary alicyclic amines) is 1. The molecule has 302 valence electrons. The fourth-order valence-corrected chi connectivity index (χ4v) is 13.5. The smallest absolute Gasteiger partial charge is 0.282 e. The third-order valence-corrected chi connectivity index (χ3v) is 16.7. The average molecular weight is 794 g/mol. The number of benzene rings is 3. The van der Waals surface area contributed by atoms with Crippen LogP contribution >= 0.6 is 0 Å². The molecule has 2 aliphatic heterocycles. The van der Waals surface area contributed by atoms with E-state index in [-0.39, 0.29) is 17.6 Å². The summed E-state index contributed by atoms with van der Waals surface area (Å²) < 4.78 is 51.9. The van der Waals surface area contributed by atoms with Crippen molar-refractivity contribution in [2.24, 2.45) is 5.92 Å². The number of methoxy groups -OCH3 is 2. The molecule has 1 saturated heterocycles. The SMILES string of the molecule is COc1ccc(CN2CC=CN(c3cnn4ccc(C[C@@H]5CCN(CC(F)(F)CO[Si](c6ccccc6)(c6ccccc6)C(C)(C)C)[C@@H](C)C5)cc34)C2)c(OC)c1. The Labute approximate surface area is 337 Å². The van der Waals surface area contributed by atoms with Crippen LogP contribution in [0.25, 0.3) is 5.52 Å². The zero-order chi connectivity index (χ0) is 40.2. The molecule has 5 aromatic rings. The summed E-state index contributed by atoms with van der Waals surface area (Å²) in [7, 11) is 0.273. The first-order valence-electron chi connectivity index (χ1n) is 20.1. The molecule has 0 unspecified atom stereocenters. The number of hydrogen-bond acceptors (Lipinski definition) is 7. The number of ether oxygens (including phenoxy) is 2. The Bertz CT molecular complexity index is 2080. The number of rotatable bonds is 14. The summed E-state index contributed by atoms with van der Waals surface area (Å²) in [4.78, 5) is 6.57. The zero-order valence-electron chi connectivity index (χ0n) is 34.2. The van der Waals surface area contributed by atoms with Crippen molar-refractivity contribution in [3.63, 3.8) is 0 Å². The Morgan fingerprint density at radius 1 is 0.895 bits per heavy atom. The third-order valence-electron chi connectivity index (χ3n) is 11.8. The molecule has 0 spiro atoms. The Kier molecular flexibility index (Phi) is 12.2. The van der Waals surface area contributed by atoms with Gasteiger partial charge in [-0.05, 0) is 77.8 Å². The van der Waals surface area contributed by atoms with E-state index in [1.54, 1.807) is 14.2 Å². The number of anilines is 1. The standard InChI is InChI=1S/C46H57F2N5O3Si/c1-35-26-36(20-24-51(35)32-46(47,48)33-56-57(45(2,3)4,40-14-9-7-10-15-40)41-16-11-8-12-17-41)27-37-21-25-53-42(28-37)43(30-49-53)52-23-13-22-50(34-52)31-38-18-19-39(54-5)29-44(38)55-6/h7-19,21,23,25,28-30,35-36H,20,22,24,26-27,31-34H2,1-6H3/t35-,36+/m0/s1. The van der Waals surface area contributed by atoms with Gasteiger partial charge >= 0.3 is 0 Å². The van der Waals surface area contributed by atoms with E-state index >= 15 is 8.78 Å². The van der Waals surface area contributed by atoms with Gasteiger partial charge < -0.3 is 18.8 Å². The molecular weight excluding hydrogens is 737 g/mol. The van der Waals surface area contributed by atoms with Gasteiger partial charge in [-0.3, -0.25) is 9.80 Å². The molecule has 11 heteroatoms. The largest absolute Gasteiger partial charge is 0.497 e. The van der Waals surface area contributed by atoms with Crippen molar-refractivity contribution in [3.05, 3.63) is 127 Å². The van der Waals surface area contributed by atoms with Gasteiger partial charge in [-0.1, -0.05) is 93.6 Å². The van der Waals surface area contributed by atoms with E-state index in [0.717, 1.165) is 71.0 Å². The molecule has 2 aromatic heterocycles. The van der Waals surface area contributed by atoms with E-state index in [1.807, 2.05) is 94.6 Å². The van der Waals surface area contributed by atoms with Crippen molar-refractivity contribution in [2.45, 2.75) is 70.5 Å². The lowest BCUT2D eigenvalue weighted by Crippen LogP contribution is -2.67. The summed E-state index contributed by atoms with van der Waals surface area (Å²) in [5, 5.41) is 6.33. The average Bonchev–Trinajstić information content (AvgIpc) is 3.63. The van der Waals surface area contributed by atoms with Crippen molar-refractivity contribution >= 4 is 29.9 Å². The minimum Gasteiger partial charge on any atom is -0.497 e. The Morgan fingerprint density at radius 2 is 1.61 bits per heavy atom. The highest BCUT2D eigenvalue weighted by atomic mass is 28.4. The fourth-order valence-electron chi connectivity index (χ4n) is 8.89. The van der Waals surface area contributed by atoms with Gasteiger partial charge in [0.25, 0.3) is 14.2 Å². The molecule has 0 amide bonds. The lowest BCUT2D eigenvalue weighted by atomic mass is 9.86. The van der Waals surface area contributed by atoms with Gasteiger partial charge in [0, 0.05) is 43.2 Å². The highest BCUT2D eigenvalue weighted by Crippen LogP contribution is 2.38. The van der Waals surface area contributed by atoms with Crippen molar-refractivity contribution < 1.29 is 22.7 Å². The number of halogens is 2. The quantitative estimate of drug-likeness (QED) is 0.106. The van der Waals surface area contributed by atoms with E-state index < -0.39 is 20.8 Å². The van der Waals surface area contributed by atoms with Gasteiger partial charge in [0.2, 0.25) is 0 Å². The number of piperidine rings is 1. The predicted octanol–water partition coefficient (Wildman–Crippen LogP) is 8.00. The molecule has 4 heterocycles. The molecule has 0 saturated carbocycles. The molecule has 1 fully saturated rings. The monoisotopic (exact) mass is 793 g/mol. The highest BCUT2D eigenvalue weighted by Gasteiger charge is 2.52. The molecule has 2 aliphatic rings. The number of hydrogen-bond donors (Lipinski definition) is 0. The van der Waals surface area contributed by atoms with Crippen LogP contribution in [0.4, 0.5) is 14.5 Å². The van der Waals surface area contributed by atoms with Crippen molar-refractivity contribution in [3.8, 4) is 11.5 Å². The fraction of sp³-hybridized carbons (Fsp3) is 0.413. The minimum absolute atomic E-state index is 0.0329. The molecular formula is C46H57F2N5O3Si. The second-order valence-electron chi connectivity index (χ2n) is 16.8. The molecule has 0 N–H and O–H groups in total. The van der Waals surface area contributed by atoms with Crippen LogP contribution in [0.15, 0.2) is 116 Å². The third kappa shape index (κ3) is 8.97. The molecule has 0 aliphatic carbocycles. The number of nitrogens with zero attached hydrogens (tertiary/aromatic N) is 5. The van der Waals surface area contributed by atoms with E-state index in [1.165, 1.54) is 5.56 Å². The lowest BCUT2D eigenvalue weighted by Gasteiger charge is -2.44. The number of aromatic nitrogens is 2. The van der Waals surface area contributed by atoms with Crippen LogP contribution in [0, 0.1) is 5.92 Å². The summed E-state index contributed by atoms with van der Waals surface area (Å²) in [6, 6.07) is 30.4. The van der Waals surface area contributed by atoms with Crippen molar-refractivity contribution in [2.75, 3.05) is 52.0 Å². The Morgan fingerprint density at radius 3 is 2.26 bits per heavy atom. The topological polar surface area (TPSA) is 54.7 Å². The van der Waals surface area contributed by atoms with Crippen LogP contribution in [0.1, 0.15) is 51.7 Å². The number of alkyl halides is 2. The first-order chi connectivity index (χ1) is 27.4. The van der Waals surface area contributed by atoms with Crippen LogP contribution in [-0.2, 0) is 17.4 Å². The van der Waals surface area contributed by atoms with Gasteiger partial charge in [0.1, 0.15) is 11.5 Å². The lowest BCUT2D eigenvalue weighted by molar-refractivity contribution is -0.0808.